The molecule has 0 bridgehead atoms. The van der Waals surface area contributed by atoms with Crippen LogP contribution >= 0.6 is 0 Å². The molecule has 2 amide bonds. The van der Waals surface area contributed by atoms with Crippen LogP contribution in [0.15, 0.2) is 66.9 Å². The van der Waals surface area contributed by atoms with E-state index >= 15 is 0 Å². The molecule has 0 saturated carbocycles. The normalized spacial score (nSPS) is 12.8. The Labute approximate surface area is 164 Å². The van der Waals surface area contributed by atoms with Crippen LogP contribution in [0.1, 0.15) is 57.9 Å². The molecule has 0 saturated heterocycles. The van der Waals surface area contributed by atoms with Gasteiger partial charge < -0.3 is 10.6 Å². The molecule has 0 aliphatic carbocycles. The summed E-state index contributed by atoms with van der Waals surface area (Å²) in [7, 11) is 1.69. The van der Waals surface area contributed by atoms with Crippen molar-refractivity contribution in [2.75, 3.05) is 0 Å². The molecule has 28 heavy (non-hydrogen) atoms. The Kier molecular flexibility index (Phi) is 5.89. The number of amides is 2. The summed E-state index contributed by atoms with van der Waals surface area (Å²) in [5.41, 5.74) is 2.34. The first kappa shape index (κ1) is 19.4. The van der Waals surface area contributed by atoms with Crippen LogP contribution < -0.4 is 10.6 Å². The molecule has 6 heteroatoms. The van der Waals surface area contributed by atoms with E-state index < -0.39 is 0 Å². The highest BCUT2D eigenvalue weighted by Gasteiger charge is 2.24. The average molecular weight is 376 g/mol. The van der Waals surface area contributed by atoms with Crippen LogP contribution in [0.4, 0.5) is 0 Å². The van der Waals surface area contributed by atoms with E-state index in [2.05, 4.69) is 15.7 Å². The van der Waals surface area contributed by atoms with Crippen molar-refractivity contribution in [2.45, 2.75) is 25.9 Å². The molecule has 0 radical (unpaired) electrons. The highest BCUT2D eigenvalue weighted by Crippen LogP contribution is 2.16. The number of aryl methyl sites for hydroxylation is 1. The molecule has 0 spiro atoms. The van der Waals surface area contributed by atoms with E-state index in [-0.39, 0.29) is 35.2 Å². The SMILES string of the molecule is C[C@H](NC(=O)c1cn(C)nc1C(=O)N[C@@H](C)c1ccccc1)c1ccccc1. The molecule has 6 nitrogen and oxygen atoms in total. The van der Waals surface area contributed by atoms with Crippen molar-refractivity contribution >= 4 is 11.8 Å². The van der Waals surface area contributed by atoms with Gasteiger partial charge in [-0.2, -0.15) is 5.10 Å². The topological polar surface area (TPSA) is 76.0 Å². The van der Waals surface area contributed by atoms with E-state index in [4.69, 9.17) is 0 Å². The van der Waals surface area contributed by atoms with Gasteiger partial charge in [-0.15, -0.1) is 0 Å². The van der Waals surface area contributed by atoms with Gasteiger partial charge in [0.2, 0.25) is 0 Å². The summed E-state index contributed by atoms with van der Waals surface area (Å²) < 4.78 is 1.48. The van der Waals surface area contributed by atoms with E-state index in [9.17, 15) is 9.59 Å². The molecule has 0 unspecified atom stereocenters. The molecular weight excluding hydrogens is 352 g/mol. The van der Waals surface area contributed by atoms with Crippen molar-refractivity contribution in [3.05, 3.63) is 89.2 Å². The zero-order valence-electron chi connectivity index (χ0n) is 16.2. The molecule has 2 N–H and O–H groups in total. The summed E-state index contributed by atoms with van der Waals surface area (Å²) in [6, 6.07) is 18.9. The van der Waals surface area contributed by atoms with Crippen molar-refractivity contribution in [3.8, 4) is 0 Å². The van der Waals surface area contributed by atoms with Crippen molar-refractivity contribution in [1.29, 1.82) is 0 Å². The van der Waals surface area contributed by atoms with Gasteiger partial charge in [-0.25, -0.2) is 0 Å². The van der Waals surface area contributed by atoms with E-state index in [1.54, 1.807) is 13.2 Å². The summed E-state index contributed by atoms with van der Waals surface area (Å²) in [5.74, 6) is -0.712. The third-order valence-corrected chi connectivity index (χ3v) is 4.58. The van der Waals surface area contributed by atoms with Crippen LogP contribution in [-0.2, 0) is 7.05 Å². The van der Waals surface area contributed by atoms with E-state index in [1.165, 1.54) is 4.68 Å². The predicted octanol–water partition coefficient (Wildman–Crippen LogP) is 3.40. The number of carbonyl (C=O) groups is 2. The molecule has 2 atom stereocenters. The maximum absolute atomic E-state index is 12.8. The first-order chi connectivity index (χ1) is 13.5. The lowest BCUT2D eigenvalue weighted by atomic mass is 10.1. The Hall–Kier alpha value is -3.41. The van der Waals surface area contributed by atoms with E-state index in [0.717, 1.165) is 11.1 Å². The lowest BCUT2D eigenvalue weighted by Crippen LogP contribution is -2.31. The molecule has 1 heterocycles. The minimum Gasteiger partial charge on any atom is -0.345 e. The van der Waals surface area contributed by atoms with Gasteiger partial charge in [0, 0.05) is 13.2 Å². The zero-order chi connectivity index (χ0) is 20.1. The predicted molar refractivity (Wildman–Crippen MR) is 108 cm³/mol. The van der Waals surface area contributed by atoms with Gasteiger partial charge in [0.1, 0.15) is 0 Å². The summed E-state index contributed by atoms with van der Waals surface area (Å²) in [4.78, 5) is 25.5. The maximum Gasteiger partial charge on any atom is 0.273 e. The van der Waals surface area contributed by atoms with Gasteiger partial charge in [0.15, 0.2) is 5.69 Å². The van der Waals surface area contributed by atoms with Crippen molar-refractivity contribution in [2.24, 2.45) is 7.05 Å². The fraction of sp³-hybridized carbons (Fsp3) is 0.227. The number of hydrogen-bond acceptors (Lipinski definition) is 3. The Morgan fingerprint density at radius 2 is 1.29 bits per heavy atom. The lowest BCUT2D eigenvalue weighted by molar-refractivity contribution is 0.0902. The van der Waals surface area contributed by atoms with Gasteiger partial charge in [0.05, 0.1) is 17.6 Å². The van der Waals surface area contributed by atoms with Crippen LogP contribution in [0.5, 0.6) is 0 Å². The molecule has 0 aliphatic heterocycles. The molecule has 0 aliphatic rings. The first-order valence-electron chi connectivity index (χ1n) is 9.21. The molecule has 3 rings (SSSR count). The number of benzene rings is 2. The van der Waals surface area contributed by atoms with Gasteiger partial charge in [-0.05, 0) is 25.0 Å². The average Bonchev–Trinajstić information content (AvgIpc) is 3.11. The number of rotatable bonds is 6. The Morgan fingerprint density at radius 3 is 1.79 bits per heavy atom. The molecule has 144 valence electrons. The summed E-state index contributed by atoms with van der Waals surface area (Å²) >= 11 is 0. The monoisotopic (exact) mass is 376 g/mol. The highest BCUT2D eigenvalue weighted by atomic mass is 16.2. The summed E-state index contributed by atoms with van der Waals surface area (Å²) in [5, 5.41) is 10.0. The van der Waals surface area contributed by atoms with Crippen LogP contribution in [0.3, 0.4) is 0 Å². The second-order valence-corrected chi connectivity index (χ2v) is 6.78. The molecule has 3 aromatic rings. The minimum absolute atomic E-state index is 0.114. The molecular formula is C22H24N4O2. The van der Waals surface area contributed by atoms with E-state index in [1.807, 2.05) is 74.5 Å². The first-order valence-corrected chi connectivity index (χ1v) is 9.21. The fourth-order valence-corrected chi connectivity index (χ4v) is 3.01. The van der Waals surface area contributed by atoms with E-state index in [0.29, 0.717) is 0 Å². The lowest BCUT2D eigenvalue weighted by Gasteiger charge is -2.15. The second-order valence-electron chi connectivity index (χ2n) is 6.78. The number of aromatic nitrogens is 2. The number of hydrogen-bond donors (Lipinski definition) is 2. The van der Waals surface area contributed by atoms with Gasteiger partial charge >= 0.3 is 0 Å². The van der Waals surface area contributed by atoms with Gasteiger partial charge in [0.25, 0.3) is 11.8 Å². The van der Waals surface area contributed by atoms with Crippen LogP contribution in [0.2, 0.25) is 0 Å². The van der Waals surface area contributed by atoms with Crippen molar-refractivity contribution in [1.82, 2.24) is 20.4 Å². The number of nitrogens with one attached hydrogen (secondary N) is 2. The van der Waals surface area contributed by atoms with Crippen LogP contribution in [0.25, 0.3) is 0 Å². The Balaban J connectivity index is 1.75. The third kappa shape index (κ3) is 4.46. The fourth-order valence-electron chi connectivity index (χ4n) is 3.01. The molecule has 1 aromatic heterocycles. The van der Waals surface area contributed by atoms with Crippen LogP contribution in [0, 0.1) is 0 Å². The van der Waals surface area contributed by atoms with Crippen LogP contribution in [-0.4, -0.2) is 21.6 Å². The maximum atomic E-state index is 12.8. The number of carbonyl (C=O) groups excluding carboxylic acids is 2. The zero-order valence-corrected chi connectivity index (χ0v) is 16.2. The largest absolute Gasteiger partial charge is 0.345 e. The van der Waals surface area contributed by atoms with Crippen molar-refractivity contribution < 1.29 is 9.59 Å². The molecule has 0 fully saturated rings. The smallest absolute Gasteiger partial charge is 0.273 e. The minimum atomic E-state index is -0.380. The highest BCUT2D eigenvalue weighted by molar-refractivity contribution is 6.06. The third-order valence-electron chi connectivity index (χ3n) is 4.58. The van der Waals surface area contributed by atoms with Gasteiger partial charge in [-0.1, -0.05) is 60.7 Å². The summed E-state index contributed by atoms with van der Waals surface area (Å²) in [6.45, 7) is 3.80. The number of nitrogens with zero attached hydrogens (tertiary/aromatic N) is 2. The Bertz CT molecular complexity index is 874. The second kappa shape index (κ2) is 8.52. The Morgan fingerprint density at radius 1 is 0.821 bits per heavy atom. The molecule has 2 aromatic carbocycles. The summed E-state index contributed by atoms with van der Waals surface area (Å²) in [6.07, 6.45) is 1.56. The standard InChI is InChI=1S/C22H24N4O2/c1-15(17-10-6-4-7-11-17)23-21(27)19-14-26(3)25-20(19)22(28)24-16(2)18-12-8-5-9-13-18/h4-16H,1-3H3,(H,23,27)(H,24,28)/t15-,16-/m0/s1. The quantitative estimate of drug-likeness (QED) is 0.692. The van der Waals surface area contributed by atoms with Crippen molar-refractivity contribution in [3.63, 3.8) is 0 Å². The van der Waals surface area contributed by atoms with Gasteiger partial charge in [-0.3, -0.25) is 14.3 Å².